The molecule has 4 atom stereocenters. The molecule has 172 valence electrons. The van der Waals surface area contributed by atoms with Crippen LogP contribution >= 0.6 is 11.8 Å². The summed E-state index contributed by atoms with van der Waals surface area (Å²) >= 11 is 1.42. The molecule has 0 saturated heterocycles. The summed E-state index contributed by atoms with van der Waals surface area (Å²) in [5.41, 5.74) is 1.90. The maximum absolute atomic E-state index is 12.8. The van der Waals surface area contributed by atoms with Crippen molar-refractivity contribution in [2.45, 2.75) is 43.8 Å². The molecule has 7 heteroatoms. The molecule has 0 spiro atoms. The molecule has 0 aliphatic heterocycles. The van der Waals surface area contributed by atoms with Gasteiger partial charge in [0.2, 0.25) is 5.91 Å². The zero-order valence-corrected chi connectivity index (χ0v) is 19.9. The van der Waals surface area contributed by atoms with E-state index in [1.54, 1.807) is 7.11 Å². The maximum Gasteiger partial charge on any atom is 0.230 e. The molecule has 2 fully saturated rings. The number of carbonyl (C=O) groups excluding carboxylic acids is 1. The number of aromatic nitrogens is 3. The van der Waals surface area contributed by atoms with Crippen LogP contribution in [0.5, 0.6) is 5.75 Å². The predicted octanol–water partition coefficient (Wildman–Crippen LogP) is 4.98. The highest BCUT2D eigenvalue weighted by Gasteiger charge is 2.42. The van der Waals surface area contributed by atoms with Crippen LogP contribution in [0.15, 0.2) is 59.8 Å². The van der Waals surface area contributed by atoms with Crippen molar-refractivity contribution in [2.24, 2.45) is 17.8 Å². The highest BCUT2D eigenvalue weighted by atomic mass is 32.2. The topological polar surface area (TPSA) is 69.0 Å². The monoisotopic (exact) mass is 462 g/mol. The van der Waals surface area contributed by atoms with Crippen molar-refractivity contribution < 1.29 is 9.53 Å². The first-order valence-corrected chi connectivity index (χ1v) is 12.7. The van der Waals surface area contributed by atoms with Crippen LogP contribution in [0.3, 0.4) is 0 Å². The number of hydrogen-bond donors (Lipinski definition) is 1. The van der Waals surface area contributed by atoms with E-state index in [1.807, 2.05) is 59.2 Å². The lowest BCUT2D eigenvalue weighted by Gasteiger charge is -2.28. The van der Waals surface area contributed by atoms with Crippen LogP contribution in [0.4, 0.5) is 0 Å². The average Bonchev–Trinajstić information content (AvgIpc) is 3.59. The third-order valence-corrected chi connectivity index (χ3v) is 8.08. The quantitative estimate of drug-likeness (QED) is 0.479. The lowest BCUT2D eigenvalue weighted by molar-refractivity contribution is -0.119. The first-order chi connectivity index (χ1) is 16.1. The molecule has 2 aromatic carbocycles. The third-order valence-electron chi connectivity index (χ3n) is 7.15. The Kier molecular flexibility index (Phi) is 6.40. The second-order valence-electron chi connectivity index (χ2n) is 9.19. The van der Waals surface area contributed by atoms with Crippen LogP contribution < -0.4 is 10.1 Å². The molecule has 1 amide bonds. The van der Waals surface area contributed by atoms with Crippen molar-refractivity contribution in [1.82, 2.24) is 20.1 Å². The number of thioether (sulfide) groups is 1. The molecule has 3 aromatic rings. The van der Waals surface area contributed by atoms with Gasteiger partial charge in [0.15, 0.2) is 11.0 Å². The highest BCUT2D eigenvalue weighted by Crippen LogP contribution is 2.49. The molecule has 2 saturated carbocycles. The molecule has 1 aromatic heterocycles. The molecule has 33 heavy (non-hydrogen) atoms. The van der Waals surface area contributed by atoms with Gasteiger partial charge in [-0.15, -0.1) is 10.2 Å². The molecule has 2 aliphatic rings. The summed E-state index contributed by atoms with van der Waals surface area (Å²) in [5, 5.41) is 12.9. The Labute approximate surface area is 199 Å². The minimum absolute atomic E-state index is 0.0563. The van der Waals surface area contributed by atoms with E-state index in [0.717, 1.165) is 34.7 Å². The van der Waals surface area contributed by atoms with Gasteiger partial charge in [-0.25, -0.2) is 0 Å². The van der Waals surface area contributed by atoms with E-state index in [9.17, 15) is 4.79 Å². The Balaban J connectivity index is 1.32. The van der Waals surface area contributed by atoms with Crippen LogP contribution in [0.1, 0.15) is 32.6 Å². The van der Waals surface area contributed by atoms with E-state index in [4.69, 9.17) is 4.74 Å². The van der Waals surface area contributed by atoms with Crippen LogP contribution in [-0.4, -0.2) is 39.6 Å². The number of benzene rings is 2. The highest BCUT2D eigenvalue weighted by molar-refractivity contribution is 7.99. The van der Waals surface area contributed by atoms with E-state index in [2.05, 4.69) is 22.4 Å². The minimum atomic E-state index is 0.0563. The number of hydrogen-bond acceptors (Lipinski definition) is 5. The fourth-order valence-electron chi connectivity index (χ4n) is 5.54. The van der Waals surface area contributed by atoms with Crippen LogP contribution in [-0.2, 0) is 4.79 Å². The van der Waals surface area contributed by atoms with Gasteiger partial charge in [-0.3, -0.25) is 9.36 Å². The van der Waals surface area contributed by atoms with Crippen molar-refractivity contribution >= 4 is 17.7 Å². The molecule has 0 radical (unpaired) electrons. The van der Waals surface area contributed by atoms with Crippen molar-refractivity contribution in [3.05, 3.63) is 54.6 Å². The minimum Gasteiger partial charge on any atom is -0.497 e. The van der Waals surface area contributed by atoms with Crippen molar-refractivity contribution in [1.29, 1.82) is 0 Å². The number of nitrogens with one attached hydrogen (secondary N) is 1. The zero-order valence-electron chi connectivity index (χ0n) is 19.1. The molecule has 1 N–H and O–H groups in total. The van der Waals surface area contributed by atoms with Gasteiger partial charge in [-0.1, -0.05) is 48.5 Å². The van der Waals surface area contributed by atoms with Crippen molar-refractivity contribution in [3.8, 4) is 22.8 Å². The van der Waals surface area contributed by atoms with Gasteiger partial charge in [-0.2, -0.15) is 0 Å². The number of rotatable bonds is 8. The summed E-state index contributed by atoms with van der Waals surface area (Å²) < 4.78 is 7.32. The third kappa shape index (κ3) is 4.64. The fraction of sp³-hybridized carbons (Fsp3) is 0.423. The Morgan fingerprint density at radius 3 is 2.58 bits per heavy atom. The molecule has 6 nitrogen and oxygen atoms in total. The second-order valence-corrected chi connectivity index (χ2v) is 10.1. The first-order valence-electron chi connectivity index (χ1n) is 11.7. The normalized spacial score (nSPS) is 22.3. The van der Waals surface area contributed by atoms with Gasteiger partial charge in [0.25, 0.3) is 0 Å². The Morgan fingerprint density at radius 1 is 1.12 bits per heavy atom. The number of ether oxygens (including phenoxy) is 1. The number of carbonyl (C=O) groups is 1. The predicted molar refractivity (Wildman–Crippen MR) is 131 cm³/mol. The zero-order chi connectivity index (χ0) is 22.8. The summed E-state index contributed by atoms with van der Waals surface area (Å²) in [6, 6.07) is 18.0. The van der Waals surface area contributed by atoms with Gasteiger partial charge in [0.1, 0.15) is 5.75 Å². The lowest BCUT2D eigenvalue weighted by atomic mass is 9.84. The molecular weight excluding hydrogens is 432 g/mol. The van der Waals surface area contributed by atoms with Crippen molar-refractivity contribution in [2.75, 3.05) is 12.9 Å². The summed E-state index contributed by atoms with van der Waals surface area (Å²) in [5.74, 6) is 4.22. The van der Waals surface area contributed by atoms with Gasteiger partial charge < -0.3 is 10.1 Å². The standard InChI is InChI=1S/C26H30N4O2S/c1-17(23-15-18-8-9-20(23)14-18)27-24(31)16-33-26-29-28-25(19-6-4-3-5-7-19)30(26)21-10-12-22(32-2)13-11-21/h3-7,10-13,17-18,20,23H,8-9,14-16H2,1-2H3,(H,27,31). The largest absolute Gasteiger partial charge is 0.497 e. The first kappa shape index (κ1) is 22.0. The van der Waals surface area contributed by atoms with E-state index in [-0.39, 0.29) is 11.9 Å². The molecule has 1 heterocycles. The van der Waals surface area contributed by atoms with Gasteiger partial charge in [0.05, 0.1) is 12.9 Å². The van der Waals surface area contributed by atoms with Crippen molar-refractivity contribution in [3.63, 3.8) is 0 Å². The fourth-order valence-corrected chi connectivity index (χ4v) is 6.30. The summed E-state index contributed by atoms with van der Waals surface area (Å²) in [7, 11) is 1.65. The van der Waals surface area contributed by atoms with Gasteiger partial charge >= 0.3 is 0 Å². The van der Waals surface area contributed by atoms with E-state index in [1.165, 1.54) is 37.4 Å². The molecular formula is C26H30N4O2S. The second kappa shape index (κ2) is 9.59. The maximum atomic E-state index is 12.8. The van der Waals surface area contributed by atoms with Crippen LogP contribution in [0.2, 0.25) is 0 Å². The molecule has 2 aliphatic carbocycles. The number of amides is 1. The van der Waals surface area contributed by atoms with E-state index in [0.29, 0.717) is 16.8 Å². The molecule has 4 unspecified atom stereocenters. The SMILES string of the molecule is COc1ccc(-n2c(SCC(=O)NC(C)C3CC4CCC3C4)nnc2-c2ccccc2)cc1. The Morgan fingerprint density at radius 2 is 1.91 bits per heavy atom. The number of fused-ring (bicyclic) bond motifs is 2. The Bertz CT molecular complexity index is 1100. The van der Waals surface area contributed by atoms with Crippen LogP contribution in [0, 0.1) is 17.8 Å². The summed E-state index contributed by atoms with van der Waals surface area (Å²) in [4.78, 5) is 12.8. The summed E-state index contributed by atoms with van der Waals surface area (Å²) in [6.07, 6.45) is 5.33. The number of methoxy groups -OCH3 is 1. The number of nitrogens with zero attached hydrogens (tertiary/aromatic N) is 3. The van der Waals surface area contributed by atoms with E-state index >= 15 is 0 Å². The van der Waals surface area contributed by atoms with Crippen LogP contribution in [0.25, 0.3) is 17.1 Å². The Hall–Kier alpha value is -2.80. The van der Waals surface area contributed by atoms with Gasteiger partial charge in [-0.05, 0) is 68.2 Å². The molecule has 5 rings (SSSR count). The smallest absolute Gasteiger partial charge is 0.230 e. The van der Waals surface area contributed by atoms with E-state index < -0.39 is 0 Å². The molecule has 2 bridgehead atoms. The summed E-state index contributed by atoms with van der Waals surface area (Å²) in [6.45, 7) is 2.17. The lowest BCUT2D eigenvalue weighted by Crippen LogP contribution is -2.40. The average molecular weight is 463 g/mol. The van der Waals surface area contributed by atoms with Gasteiger partial charge in [0, 0.05) is 17.3 Å².